The van der Waals surface area contributed by atoms with Gasteiger partial charge in [-0.2, -0.15) is 0 Å². The van der Waals surface area contributed by atoms with E-state index >= 15 is 0 Å². The maximum Gasteiger partial charge on any atom is 0.0486 e. The molecule has 2 nitrogen and oxygen atoms in total. The number of hydrogen-bond acceptors (Lipinski definition) is 1. The van der Waals surface area contributed by atoms with Crippen molar-refractivity contribution in [1.82, 2.24) is 9.47 Å². The summed E-state index contributed by atoms with van der Waals surface area (Å²) in [5.74, 6) is 0. The van der Waals surface area contributed by atoms with Crippen molar-refractivity contribution in [2.45, 2.75) is 58.4 Å². The van der Waals surface area contributed by atoms with Crippen molar-refractivity contribution in [2.24, 2.45) is 0 Å². The lowest BCUT2D eigenvalue weighted by Crippen LogP contribution is -2.32. The summed E-state index contributed by atoms with van der Waals surface area (Å²) in [6.45, 7) is 7.24. The van der Waals surface area contributed by atoms with Crippen LogP contribution in [0.2, 0.25) is 0 Å². The summed E-state index contributed by atoms with van der Waals surface area (Å²) in [7, 11) is 0. The van der Waals surface area contributed by atoms with Crippen LogP contribution >= 0.6 is 0 Å². The van der Waals surface area contributed by atoms with Gasteiger partial charge in [-0.3, -0.25) is 0 Å². The highest BCUT2D eigenvalue weighted by atomic mass is 15.2. The lowest BCUT2D eigenvalue weighted by atomic mass is 9.95. The third-order valence-electron chi connectivity index (χ3n) is 5.62. The molecule has 1 saturated heterocycles. The van der Waals surface area contributed by atoms with E-state index in [4.69, 9.17) is 0 Å². The van der Waals surface area contributed by atoms with Crippen LogP contribution in [-0.2, 0) is 19.4 Å². The number of hydrogen-bond donors (Lipinski definition) is 0. The zero-order valence-corrected chi connectivity index (χ0v) is 13.9. The number of aryl methyl sites for hydroxylation is 2. The molecule has 1 fully saturated rings. The van der Waals surface area contributed by atoms with Crippen LogP contribution in [0.4, 0.5) is 0 Å². The summed E-state index contributed by atoms with van der Waals surface area (Å²) in [6.07, 6.45) is 9.51. The van der Waals surface area contributed by atoms with Gasteiger partial charge in [0.15, 0.2) is 0 Å². The lowest BCUT2D eigenvalue weighted by Gasteiger charge is -2.27. The normalized spacial score (nSPS) is 19.5. The van der Waals surface area contributed by atoms with Crippen molar-refractivity contribution in [2.75, 3.05) is 19.6 Å². The topological polar surface area (TPSA) is 8.17 Å². The summed E-state index contributed by atoms with van der Waals surface area (Å²) < 4.78 is 2.65. The molecule has 22 heavy (non-hydrogen) atoms. The van der Waals surface area contributed by atoms with Crippen LogP contribution in [0.15, 0.2) is 18.2 Å². The first-order chi connectivity index (χ1) is 10.8. The molecule has 4 rings (SSSR count). The molecule has 0 atom stereocenters. The number of benzene rings is 1. The van der Waals surface area contributed by atoms with E-state index in [0.717, 1.165) is 0 Å². The SMILES string of the molecule is Cc1ccc2c(c1)c1c(n2CCN2CCCCC2)CCCC1. The predicted octanol–water partition coefficient (Wildman–Crippen LogP) is 4.31. The zero-order chi connectivity index (χ0) is 14.9. The van der Waals surface area contributed by atoms with Crippen molar-refractivity contribution in [3.8, 4) is 0 Å². The first-order valence-corrected chi connectivity index (χ1v) is 9.16. The van der Waals surface area contributed by atoms with E-state index < -0.39 is 0 Å². The summed E-state index contributed by atoms with van der Waals surface area (Å²) >= 11 is 0. The summed E-state index contributed by atoms with van der Waals surface area (Å²) in [5.41, 5.74) is 6.18. The van der Waals surface area contributed by atoms with Gasteiger partial charge in [0, 0.05) is 29.7 Å². The zero-order valence-electron chi connectivity index (χ0n) is 13.9. The molecule has 1 aliphatic heterocycles. The molecule has 118 valence electrons. The summed E-state index contributed by atoms with van der Waals surface area (Å²) in [4.78, 5) is 2.67. The minimum Gasteiger partial charge on any atom is -0.343 e. The number of nitrogens with zero attached hydrogens (tertiary/aromatic N) is 2. The summed E-state index contributed by atoms with van der Waals surface area (Å²) in [6, 6.07) is 7.06. The average Bonchev–Trinajstić information content (AvgIpc) is 2.87. The largest absolute Gasteiger partial charge is 0.343 e. The highest BCUT2D eigenvalue weighted by Gasteiger charge is 2.20. The van der Waals surface area contributed by atoms with Gasteiger partial charge >= 0.3 is 0 Å². The van der Waals surface area contributed by atoms with Crippen molar-refractivity contribution >= 4 is 10.9 Å². The maximum atomic E-state index is 2.67. The van der Waals surface area contributed by atoms with E-state index in [9.17, 15) is 0 Å². The fourth-order valence-corrected chi connectivity index (χ4v) is 4.43. The summed E-state index contributed by atoms with van der Waals surface area (Å²) in [5, 5.41) is 1.54. The molecule has 2 heteroatoms. The van der Waals surface area contributed by atoms with Gasteiger partial charge in [0.1, 0.15) is 0 Å². The van der Waals surface area contributed by atoms with E-state index in [1.807, 2.05) is 0 Å². The number of fused-ring (bicyclic) bond motifs is 3. The molecule has 0 unspecified atom stereocenters. The monoisotopic (exact) mass is 296 g/mol. The number of rotatable bonds is 3. The van der Waals surface area contributed by atoms with Gasteiger partial charge in [-0.25, -0.2) is 0 Å². The molecule has 0 saturated carbocycles. The van der Waals surface area contributed by atoms with E-state index in [0.29, 0.717) is 0 Å². The minimum atomic E-state index is 1.18. The van der Waals surface area contributed by atoms with Crippen LogP contribution in [0.3, 0.4) is 0 Å². The highest BCUT2D eigenvalue weighted by molar-refractivity contribution is 5.86. The van der Waals surface area contributed by atoms with Crippen LogP contribution in [0.25, 0.3) is 10.9 Å². The number of piperidine rings is 1. The molecule has 1 aromatic heterocycles. The molecular weight excluding hydrogens is 268 g/mol. The predicted molar refractivity (Wildman–Crippen MR) is 93.6 cm³/mol. The van der Waals surface area contributed by atoms with Crippen LogP contribution < -0.4 is 0 Å². The molecule has 0 bridgehead atoms. The first-order valence-electron chi connectivity index (χ1n) is 9.16. The molecule has 1 aromatic carbocycles. The second-order valence-electron chi connectivity index (χ2n) is 7.21. The Labute approximate surface area is 134 Å². The molecule has 1 aliphatic carbocycles. The fraction of sp³-hybridized carbons (Fsp3) is 0.600. The number of likely N-dealkylation sites (tertiary alicyclic amines) is 1. The van der Waals surface area contributed by atoms with Gasteiger partial charge in [0.2, 0.25) is 0 Å². The Morgan fingerprint density at radius 1 is 0.909 bits per heavy atom. The third kappa shape index (κ3) is 2.58. The average molecular weight is 296 g/mol. The smallest absolute Gasteiger partial charge is 0.0486 e. The molecule has 2 heterocycles. The van der Waals surface area contributed by atoms with Gasteiger partial charge in [-0.1, -0.05) is 18.1 Å². The molecule has 0 spiro atoms. The lowest BCUT2D eigenvalue weighted by molar-refractivity contribution is 0.221. The van der Waals surface area contributed by atoms with E-state index in [2.05, 4.69) is 34.6 Å². The van der Waals surface area contributed by atoms with Crippen LogP contribution in [0.5, 0.6) is 0 Å². The Kier molecular flexibility index (Phi) is 3.96. The van der Waals surface area contributed by atoms with E-state index in [1.165, 1.54) is 87.6 Å². The van der Waals surface area contributed by atoms with E-state index in [-0.39, 0.29) is 0 Å². The Balaban J connectivity index is 1.66. The van der Waals surface area contributed by atoms with Crippen molar-refractivity contribution in [3.05, 3.63) is 35.0 Å². The van der Waals surface area contributed by atoms with Gasteiger partial charge in [-0.15, -0.1) is 0 Å². The molecule has 0 N–H and O–H groups in total. The third-order valence-corrected chi connectivity index (χ3v) is 5.62. The van der Waals surface area contributed by atoms with Gasteiger partial charge < -0.3 is 9.47 Å². The van der Waals surface area contributed by atoms with Crippen molar-refractivity contribution in [1.29, 1.82) is 0 Å². The second-order valence-corrected chi connectivity index (χ2v) is 7.21. The maximum absolute atomic E-state index is 2.67. The number of aromatic nitrogens is 1. The van der Waals surface area contributed by atoms with E-state index in [1.54, 1.807) is 11.3 Å². The Bertz CT molecular complexity index is 662. The van der Waals surface area contributed by atoms with Crippen LogP contribution in [-0.4, -0.2) is 29.1 Å². The Hall–Kier alpha value is -1.28. The van der Waals surface area contributed by atoms with Gasteiger partial charge in [0.25, 0.3) is 0 Å². The first kappa shape index (κ1) is 14.3. The quantitative estimate of drug-likeness (QED) is 0.819. The Morgan fingerprint density at radius 2 is 1.73 bits per heavy atom. The fourth-order valence-electron chi connectivity index (χ4n) is 4.43. The minimum absolute atomic E-state index is 1.18. The molecule has 0 amide bonds. The molecule has 0 radical (unpaired) electrons. The van der Waals surface area contributed by atoms with Crippen LogP contribution in [0.1, 0.15) is 48.9 Å². The van der Waals surface area contributed by atoms with Crippen molar-refractivity contribution in [3.63, 3.8) is 0 Å². The molecule has 2 aliphatic rings. The van der Waals surface area contributed by atoms with Gasteiger partial charge in [-0.05, 0) is 76.2 Å². The standard InChI is InChI=1S/C20H28N2/c1-16-9-10-20-18(15-16)17-7-3-4-8-19(17)22(20)14-13-21-11-5-2-6-12-21/h9-10,15H,2-8,11-14H2,1H3. The van der Waals surface area contributed by atoms with Crippen LogP contribution in [0, 0.1) is 6.92 Å². The second kappa shape index (κ2) is 6.08. The van der Waals surface area contributed by atoms with Crippen molar-refractivity contribution < 1.29 is 0 Å². The van der Waals surface area contributed by atoms with Gasteiger partial charge in [0.05, 0.1) is 0 Å². The highest BCUT2D eigenvalue weighted by Crippen LogP contribution is 2.32. The molecule has 2 aromatic rings. The molecular formula is C20H28N2. The Morgan fingerprint density at radius 3 is 2.59 bits per heavy atom.